The minimum atomic E-state index is -4.92. The number of carbonyl (C=O) groups is 1. The number of aliphatic hydroxyl groups excluding tert-OH is 1. The van der Waals surface area contributed by atoms with Gasteiger partial charge in [0.1, 0.15) is 18.0 Å². The first kappa shape index (κ1) is 21.8. The van der Waals surface area contributed by atoms with Gasteiger partial charge in [0.2, 0.25) is 0 Å². The second-order valence-electron chi connectivity index (χ2n) is 7.24. The summed E-state index contributed by atoms with van der Waals surface area (Å²) in [6.07, 6.45) is -6.53. The van der Waals surface area contributed by atoms with Gasteiger partial charge in [0.05, 0.1) is 5.76 Å². The Morgan fingerprint density at radius 1 is 1.30 bits per heavy atom. The number of allylic oxidation sites excluding steroid dienone is 3. The van der Waals surface area contributed by atoms with Crippen LogP contribution in [0.5, 0.6) is 0 Å². The van der Waals surface area contributed by atoms with E-state index >= 15 is 0 Å². The third-order valence-corrected chi connectivity index (χ3v) is 5.23. The van der Waals surface area contributed by atoms with E-state index in [9.17, 15) is 31.9 Å². The topological polar surface area (TPSA) is 70.9 Å². The molecule has 10 heteroatoms. The van der Waals surface area contributed by atoms with Crippen molar-refractivity contribution in [2.24, 2.45) is 16.8 Å². The number of aliphatic imine (C=N–C) groups is 1. The summed E-state index contributed by atoms with van der Waals surface area (Å²) in [6.45, 7) is -0.104. The fourth-order valence-corrected chi connectivity index (χ4v) is 3.69. The van der Waals surface area contributed by atoms with Crippen LogP contribution in [-0.2, 0) is 4.74 Å². The fraction of sp³-hybridized carbons (Fsp3) is 0.400. The Morgan fingerprint density at radius 3 is 2.57 bits per heavy atom. The summed E-state index contributed by atoms with van der Waals surface area (Å²) in [6, 6.07) is 6.69. The molecule has 1 heterocycles. The Kier molecular flexibility index (Phi) is 5.87. The lowest BCUT2D eigenvalue weighted by Gasteiger charge is -2.43. The van der Waals surface area contributed by atoms with Crippen LogP contribution in [0.1, 0.15) is 23.7 Å². The molecule has 0 fully saturated rings. The number of amidine groups is 1. The van der Waals surface area contributed by atoms with E-state index in [2.05, 4.69) is 10.3 Å². The molecule has 1 aliphatic carbocycles. The molecule has 2 N–H and O–H groups in total. The highest BCUT2D eigenvalue weighted by Gasteiger charge is 2.56. The number of aliphatic hydroxyl groups is 1. The SMILES string of the molecule is CC1C(O)=CC=C(F)C1[C@]1(CF)C[C@@H](C(F)(F)F)OC(NC(=O)c2ccccc2)=N1. The number of ether oxygens (including phenoxy) is 1. The molecule has 1 amide bonds. The second kappa shape index (κ2) is 8.08. The molecule has 1 aromatic rings. The molecule has 3 rings (SSSR count). The maximum absolute atomic E-state index is 14.6. The standard InChI is InChI=1S/C20H19F5N2O3/c1-11-14(28)8-7-13(22)16(11)19(10-21)9-15(20(23,24)25)30-18(27-19)26-17(29)12-5-3-2-4-6-12/h2-8,11,15-16,28H,9-10H2,1H3,(H,26,27,29)/t11?,15-,16?,19+/m0/s1. The number of benzene rings is 1. The molecule has 0 bridgehead atoms. The van der Waals surface area contributed by atoms with Gasteiger partial charge in [-0.3, -0.25) is 10.1 Å². The van der Waals surface area contributed by atoms with Crippen molar-refractivity contribution in [2.45, 2.75) is 31.2 Å². The first-order chi connectivity index (χ1) is 14.1. The molecule has 0 saturated carbocycles. The predicted octanol–water partition coefficient (Wildman–Crippen LogP) is 4.39. The van der Waals surface area contributed by atoms with Crippen LogP contribution in [0.25, 0.3) is 0 Å². The summed E-state index contributed by atoms with van der Waals surface area (Å²) >= 11 is 0. The number of hydrogen-bond acceptors (Lipinski definition) is 4. The smallest absolute Gasteiger partial charge is 0.425 e. The van der Waals surface area contributed by atoms with E-state index in [0.717, 1.165) is 12.2 Å². The zero-order valence-electron chi connectivity index (χ0n) is 15.8. The van der Waals surface area contributed by atoms with Crippen molar-refractivity contribution in [3.63, 3.8) is 0 Å². The van der Waals surface area contributed by atoms with Crippen molar-refractivity contribution < 1.29 is 36.6 Å². The molecule has 2 aliphatic rings. The van der Waals surface area contributed by atoms with Crippen LogP contribution in [0.15, 0.2) is 59.1 Å². The van der Waals surface area contributed by atoms with Crippen molar-refractivity contribution in [2.75, 3.05) is 6.67 Å². The first-order valence-electron chi connectivity index (χ1n) is 9.09. The van der Waals surface area contributed by atoms with E-state index in [-0.39, 0.29) is 11.3 Å². The number of nitrogens with zero attached hydrogens (tertiary/aromatic N) is 1. The Bertz CT molecular complexity index is 897. The number of rotatable bonds is 3. The van der Waals surface area contributed by atoms with Gasteiger partial charge in [-0.2, -0.15) is 13.2 Å². The van der Waals surface area contributed by atoms with Crippen LogP contribution >= 0.6 is 0 Å². The lowest BCUT2D eigenvalue weighted by Crippen LogP contribution is -2.55. The van der Waals surface area contributed by atoms with Crippen molar-refractivity contribution in [3.05, 3.63) is 59.6 Å². The zero-order chi connectivity index (χ0) is 22.1. The van der Waals surface area contributed by atoms with Crippen LogP contribution in [0, 0.1) is 11.8 Å². The molecule has 0 aromatic heterocycles. The summed E-state index contributed by atoms with van der Waals surface area (Å²) in [7, 11) is 0. The van der Waals surface area contributed by atoms with Crippen LogP contribution in [0.2, 0.25) is 0 Å². The third-order valence-electron chi connectivity index (χ3n) is 5.23. The number of nitrogens with one attached hydrogen (secondary N) is 1. The van der Waals surface area contributed by atoms with Crippen molar-refractivity contribution >= 4 is 11.9 Å². The second-order valence-corrected chi connectivity index (χ2v) is 7.24. The summed E-state index contributed by atoms with van der Waals surface area (Å²) in [5.74, 6) is -4.59. The highest BCUT2D eigenvalue weighted by atomic mass is 19.4. The van der Waals surface area contributed by atoms with Gasteiger partial charge in [0.15, 0.2) is 6.10 Å². The molecule has 0 saturated heterocycles. The Morgan fingerprint density at radius 2 is 1.97 bits per heavy atom. The minimum absolute atomic E-state index is 0.112. The molecule has 30 heavy (non-hydrogen) atoms. The molecular weight excluding hydrogens is 411 g/mol. The minimum Gasteiger partial charge on any atom is -0.512 e. The van der Waals surface area contributed by atoms with Gasteiger partial charge in [0, 0.05) is 23.8 Å². The van der Waals surface area contributed by atoms with Gasteiger partial charge in [-0.05, 0) is 24.3 Å². The van der Waals surface area contributed by atoms with Gasteiger partial charge >= 0.3 is 6.18 Å². The average molecular weight is 430 g/mol. The van der Waals surface area contributed by atoms with E-state index < -0.39 is 60.5 Å². The summed E-state index contributed by atoms with van der Waals surface area (Å²) in [4.78, 5) is 16.2. The lowest BCUT2D eigenvalue weighted by atomic mass is 9.70. The average Bonchev–Trinajstić information content (AvgIpc) is 2.71. The quantitative estimate of drug-likeness (QED) is 0.699. The summed E-state index contributed by atoms with van der Waals surface area (Å²) in [5.41, 5.74) is -2.12. The molecule has 1 aliphatic heterocycles. The number of amides is 1. The molecule has 162 valence electrons. The highest BCUT2D eigenvalue weighted by molar-refractivity contribution is 6.04. The van der Waals surface area contributed by atoms with Crippen molar-refractivity contribution in [1.29, 1.82) is 0 Å². The van der Waals surface area contributed by atoms with Crippen LogP contribution < -0.4 is 5.32 Å². The first-order valence-corrected chi connectivity index (χ1v) is 9.09. The number of halogens is 5. The maximum atomic E-state index is 14.6. The molecule has 0 radical (unpaired) electrons. The van der Waals surface area contributed by atoms with Gasteiger partial charge in [0.25, 0.3) is 11.9 Å². The fourth-order valence-electron chi connectivity index (χ4n) is 3.69. The maximum Gasteiger partial charge on any atom is 0.425 e. The molecule has 1 aromatic carbocycles. The normalized spacial score (nSPS) is 29.3. The highest BCUT2D eigenvalue weighted by Crippen LogP contribution is 2.47. The Labute approximate surface area is 168 Å². The molecule has 5 nitrogen and oxygen atoms in total. The molecule has 0 spiro atoms. The van der Waals surface area contributed by atoms with Gasteiger partial charge in [-0.25, -0.2) is 13.8 Å². The van der Waals surface area contributed by atoms with Crippen LogP contribution in [0.3, 0.4) is 0 Å². The molecular formula is C20H19F5N2O3. The summed E-state index contributed by atoms with van der Waals surface area (Å²) in [5, 5.41) is 12.1. The van der Waals surface area contributed by atoms with Crippen molar-refractivity contribution in [1.82, 2.24) is 5.32 Å². The van der Waals surface area contributed by atoms with E-state index in [1.54, 1.807) is 18.2 Å². The predicted molar refractivity (Wildman–Crippen MR) is 98.2 cm³/mol. The van der Waals surface area contributed by atoms with E-state index in [1.807, 2.05) is 0 Å². The molecule has 2 unspecified atom stereocenters. The van der Waals surface area contributed by atoms with Gasteiger partial charge in [-0.15, -0.1) is 0 Å². The van der Waals surface area contributed by atoms with Crippen LogP contribution in [-0.4, -0.2) is 41.5 Å². The third kappa shape index (κ3) is 4.17. The van der Waals surface area contributed by atoms with Gasteiger partial charge in [-0.1, -0.05) is 25.1 Å². The monoisotopic (exact) mass is 430 g/mol. The number of hydrogen-bond donors (Lipinski definition) is 2. The Hall–Kier alpha value is -2.91. The summed E-state index contributed by atoms with van der Waals surface area (Å²) < 4.78 is 74.2. The number of carbonyl (C=O) groups excluding carboxylic acids is 1. The number of alkyl halides is 4. The van der Waals surface area contributed by atoms with Crippen LogP contribution in [0.4, 0.5) is 22.0 Å². The largest absolute Gasteiger partial charge is 0.512 e. The van der Waals surface area contributed by atoms with E-state index in [4.69, 9.17) is 4.74 Å². The van der Waals surface area contributed by atoms with E-state index in [0.29, 0.717) is 0 Å². The Balaban J connectivity index is 2.02. The zero-order valence-corrected chi connectivity index (χ0v) is 15.8. The van der Waals surface area contributed by atoms with E-state index in [1.165, 1.54) is 19.1 Å². The lowest BCUT2D eigenvalue weighted by molar-refractivity contribution is -0.211. The van der Waals surface area contributed by atoms with Crippen molar-refractivity contribution in [3.8, 4) is 0 Å². The van der Waals surface area contributed by atoms with Gasteiger partial charge < -0.3 is 9.84 Å². The molecule has 4 atom stereocenters.